The van der Waals surface area contributed by atoms with Crippen molar-refractivity contribution in [3.8, 4) is 0 Å². The lowest BCUT2D eigenvalue weighted by Crippen LogP contribution is -2.41. The Balaban J connectivity index is 1.87. The molecule has 2 unspecified atom stereocenters. The third kappa shape index (κ3) is 4.81. The monoisotopic (exact) mass is 393 g/mol. The van der Waals surface area contributed by atoms with Crippen molar-refractivity contribution in [1.29, 1.82) is 0 Å². The molecule has 0 bridgehead atoms. The van der Waals surface area contributed by atoms with Crippen LogP contribution in [0, 0.1) is 0 Å². The Morgan fingerprint density at radius 3 is 2.48 bits per heavy atom. The third-order valence-electron chi connectivity index (χ3n) is 5.82. The van der Waals surface area contributed by atoms with Gasteiger partial charge in [-0.1, -0.05) is 62.7 Å². The number of esters is 1. The standard InChI is InChI=1S/C25H31NO3/c1-3-14-25(15-13-18-9-6-5-7-10-18)17-22(27)23(24(28)29-25)21(4-2)19-11-8-12-20(26)16-19/h5-12,16,21,27H,3-4,13-15,17,26H2,1-2H3. The molecule has 29 heavy (non-hydrogen) atoms. The van der Waals surface area contributed by atoms with E-state index in [0.29, 0.717) is 30.5 Å². The highest BCUT2D eigenvalue weighted by atomic mass is 16.6. The SMILES string of the molecule is CCCC1(CCc2ccccc2)CC(O)=C(C(CC)c2cccc(N)c2)C(=O)O1. The maximum absolute atomic E-state index is 13.1. The predicted octanol–water partition coefficient (Wildman–Crippen LogP) is 5.69. The highest BCUT2D eigenvalue weighted by Gasteiger charge is 2.43. The van der Waals surface area contributed by atoms with Crippen molar-refractivity contribution in [3.63, 3.8) is 0 Å². The third-order valence-corrected chi connectivity index (χ3v) is 5.82. The number of benzene rings is 2. The Bertz CT molecular complexity index is 875. The minimum atomic E-state index is -0.650. The van der Waals surface area contributed by atoms with E-state index in [1.54, 1.807) is 0 Å². The smallest absolute Gasteiger partial charge is 0.338 e. The summed E-state index contributed by atoms with van der Waals surface area (Å²) >= 11 is 0. The summed E-state index contributed by atoms with van der Waals surface area (Å²) in [7, 11) is 0. The Labute approximate surface area is 173 Å². The van der Waals surface area contributed by atoms with E-state index in [2.05, 4.69) is 19.1 Å². The van der Waals surface area contributed by atoms with Crippen LogP contribution >= 0.6 is 0 Å². The maximum atomic E-state index is 13.1. The van der Waals surface area contributed by atoms with Gasteiger partial charge in [-0.05, 0) is 48.9 Å². The first-order chi connectivity index (χ1) is 14.0. The van der Waals surface area contributed by atoms with Gasteiger partial charge >= 0.3 is 5.97 Å². The lowest BCUT2D eigenvalue weighted by molar-refractivity contribution is -0.161. The number of aliphatic hydroxyl groups is 1. The second-order valence-electron chi connectivity index (χ2n) is 7.98. The minimum absolute atomic E-state index is 0.164. The molecule has 0 spiro atoms. The molecule has 4 heteroatoms. The van der Waals surface area contributed by atoms with E-state index in [0.717, 1.165) is 24.8 Å². The van der Waals surface area contributed by atoms with E-state index in [1.807, 2.05) is 49.4 Å². The molecule has 0 saturated carbocycles. The molecule has 1 aliphatic rings. The number of aryl methyl sites for hydroxylation is 1. The zero-order valence-electron chi connectivity index (χ0n) is 17.4. The molecular formula is C25H31NO3. The van der Waals surface area contributed by atoms with E-state index in [4.69, 9.17) is 10.5 Å². The van der Waals surface area contributed by atoms with Gasteiger partial charge in [0.25, 0.3) is 0 Å². The average molecular weight is 394 g/mol. The van der Waals surface area contributed by atoms with Gasteiger partial charge < -0.3 is 15.6 Å². The normalized spacial score (nSPS) is 20.4. The molecule has 0 radical (unpaired) electrons. The fourth-order valence-corrected chi connectivity index (χ4v) is 4.41. The molecule has 2 atom stereocenters. The number of ether oxygens (including phenoxy) is 1. The van der Waals surface area contributed by atoms with Gasteiger partial charge in [-0.3, -0.25) is 0 Å². The van der Waals surface area contributed by atoms with Crippen LogP contribution in [-0.2, 0) is 16.0 Å². The molecule has 0 aromatic heterocycles. The summed E-state index contributed by atoms with van der Waals surface area (Å²) in [5.74, 6) is -0.457. The Kier molecular flexibility index (Phi) is 6.63. The lowest BCUT2D eigenvalue weighted by atomic mass is 9.80. The zero-order valence-corrected chi connectivity index (χ0v) is 17.4. The molecule has 0 fully saturated rings. The van der Waals surface area contributed by atoms with E-state index in [9.17, 15) is 9.90 Å². The first kappa shape index (κ1) is 21.0. The number of hydrogen-bond acceptors (Lipinski definition) is 4. The topological polar surface area (TPSA) is 72.5 Å². The van der Waals surface area contributed by atoms with Crippen LogP contribution < -0.4 is 5.73 Å². The Hall–Kier alpha value is -2.75. The van der Waals surface area contributed by atoms with Crippen molar-refractivity contribution < 1.29 is 14.6 Å². The number of aliphatic hydroxyl groups excluding tert-OH is 1. The van der Waals surface area contributed by atoms with Crippen molar-refractivity contribution in [2.45, 2.75) is 63.9 Å². The van der Waals surface area contributed by atoms with Gasteiger partial charge in [-0.15, -0.1) is 0 Å². The summed E-state index contributed by atoms with van der Waals surface area (Å²) in [5, 5.41) is 11.0. The van der Waals surface area contributed by atoms with Crippen LogP contribution in [0.2, 0.25) is 0 Å². The van der Waals surface area contributed by atoms with Gasteiger partial charge in [-0.2, -0.15) is 0 Å². The lowest BCUT2D eigenvalue weighted by Gasteiger charge is -2.38. The van der Waals surface area contributed by atoms with E-state index >= 15 is 0 Å². The fraction of sp³-hybridized carbons (Fsp3) is 0.400. The summed E-state index contributed by atoms with van der Waals surface area (Å²) in [5.41, 5.74) is 8.45. The van der Waals surface area contributed by atoms with Crippen LogP contribution in [0.25, 0.3) is 0 Å². The quantitative estimate of drug-likeness (QED) is 0.446. The summed E-state index contributed by atoms with van der Waals surface area (Å²) in [6.07, 6.45) is 4.18. The summed E-state index contributed by atoms with van der Waals surface area (Å²) in [6, 6.07) is 17.7. The highest BCUT2D eigenvalue weighted by Crippen LogP contribution is 2.42. The summed E-state index contributed by atoms with van der Waals surface area (Å²) < 4.78 is 6.07. The van der Waals surface area contributed by atoms with Gasteiger partial charge in [0.05, 0.1) is 5.57 Å². The van der Waals surface area contributed by atoms with Crippen LogP contribution in [0.3, 0.4) is 0 Å². The number of nitrogen functional groups attached to an aromatic ring is 1. The van der Waals surface area contributed by atoms with E-state index < -0.39 is 11.6 Å². The van der Waals surface area contributed by atoms with E-state index in [1.165, 1.54) is 5.56 Å². The Morgan fingerprint density at radius 1 is 1.10 bits per heavy atom. The zero-order chi connectivity index (χ0) is 20.9. The van der Waals surface area contributed by atoms with Crippen LogP contribution in [0.1, 0.15) is 63.0 Å². The predicted molar refractivity (Wildman–Crippen MR) is 117 cm³/mol. The molecule has 154 valence electrons. The van der Waals surface area contributed by atoms with Crippen molar-refractivity contribution in [2.24, 2.45) is 0 Å². The van der Waals surface area contributed by atoms with Crippen LogP contribution in [0.15, 0.2) is 65.9 Å². The molecule has 0 saturated heterocycles. The number of rotatable bonds is 8. The van der Waals surface area contributed by atoms with Crippen molar-refractivity contribution >= 4 is 11.7 Å². The minimum Gasteiger partial charge on any atom is -0.512 e. The number of hydrogen-bond donors (Lipinski definition) is 2. The summed E-state index contributed by atoms with van der Waals surface area (Å²) in [6.45, 7) is 4.08. The van der Waals surface area contributed by atoms with Gasteiger partial charge in [0.15, 0.2) is 0 Å². The molecule has 1 aliphatic heterocycles. The van der Waals surface area contributed by atoms with Crippen LogP contribution in [-0.4, -0.2) is 16.7 Å². The van der Waals surface area contributed by atoms with Crippen LogP contribution in [0.4, 0.5) is 5.69 Å². The summed E-state index contributed by atoms with van der Waals surface area (Å²) in [4.78, 5) is 13.1. The van der Waals surface area contributed by atoms with Gasteiger partial charge in [-0.25, -0.2) is 4.79 Å². The fourth-order valence-electron chi connectivity index (χ4n) is 4.41. The molecular weight excluding hydrogens is 362 g/mol. The molecule has 1 heterocycles. The first-order valence-corrected chi connectivity index (χ1v) is 10.5. The molecule has 3 N–H and O–H groups in total. The average Bonchev–Trinajstić information content (AvgIpc) is 2.70. The number of carbonyl (C=O) groups excluding carboxylic acids is 1. The maximum Gasteiger partial charge on any atom is 0.338 e. The van der Waals surface area contributed by atoms with Crippen molar-refractivity contribution in [3.05, 3.63) is 77.1 Å². The number of carbonyl (C=O) groups is 1. The number of anilines is 1. The second kappa shape index (κ2) is 9.17. The first-order valence-electron chi connectivity index (χ1n) is 10.5. The van der Waals surface area contributed by atoms with Crippen molar-refractivity contribution in [1.82, 2.24) is 0 Å². The second-order valence-corrected chi connectivity index (χ2v) is 7.98. The molecule has 4 nitrogen and oxygen atoms in total. The molecule has 2 aromatic rings. The van der Waals surface area contributed by atoms with Gasteiger partial charge in [0.1, 0.15) is 11.4 Å². The largest absolute Gasteiger partial charge is 0.512 e. The molecule has 0 amide bonds. The Morgan fingerprint density at radius 2 is 1.86 bits per heavy atom. The number of nitrogens with two attached hydrogens (primary N) is 1. The highest BCUT2D eigenvalue weighted by molar-refractivity contribution is 5.92. The molecule has 0 aliphatic carbocycles. The van der Waals surface area contributed by atoms with Crippen molar-refractivity contribution in [2.75, 3.05) is 5.73 Å². The van der Waals surface area contributed by atoms with Crippen LogP contribution in [0.5, 0.6) is 0 Å². The van der Waals surface area contributed by atoms with E-state index in [-0.39, 0.29) is 11.7 Å². The molecule has 3 rings (SSSR count). The van der Waals surface area contributed by atoms with Gasteiger partial charge in [0.2, 0.25) is 0 Å². The molecule has 2 aromatic carbocycles. The number of cyclic esters (lactones) is 1. The van der Waals surface area contributed by atoms with Gasteiger partial charge in [0, 0.05) is 18.0 Å².